The standard InChI is InChI=1S/C38H72NO12P/c1-3-5-7-9-11-13-15-16-18-20-22-24-26-31(41)30(28-50-52(48,49)51-38-36(46)34(44)33(43)35(45)37(38)47)39-32(42)27-29(40)25-23-21-19-17-14-12-10-8-6-4-2/h12,14,24,26,29-31,33-38,40-41,43-47H,3-11,13,15-23,25,27-28H2,1-2H3,(H,39,42)(H,48,49)/b14-12-,26-24+. The molecule has 14 heteroatoms. The molecule has 52 heavy (non-hydrogen) atoms. The first-order chi connectivity index (χ1) is 24.8. The van der Waals surface area contributed by atoms with E-state index in [9.17, 15) is 50.0 Å². The summed E-state index contributed by atoms with van der Waals surface area (Å²) in [6.07, 6.45) is 14.4. The highest BCUT2D eigenvalue weighted by molar-refractivity contribution is 7.47. The first kappa shape index (κ1) is 48.8. The summed E-state index contributed by atoms with van der Waals surface area (Å²) in [4.78, 5) is 23.2. The van der Waals surface area contributed by atoms with Crippen molar-refractivity contribution in [2.45, 2.75) is 204 Å². The normalized spacial score (nSPS) is 25.3. The van der Waals surface area contributed by atoms with Crippen molar-refractivity contribution in [3.63, 3.8) is 0 Å². The number of amides is 1. The van der Waals surface area contributed by atoms with Crippen LogP contribution in [-0.4, -0.2) is 108 Å². The zero-order valence-electron chi connectivity index (χ0n) is 31.7. The topological polar surface area (TPSA) is 226 Å². The van der Waals surface area contributed by atoms with Crippen molar-refractivity contribution in [1.82, 2.24) is 5.32 Å². The molecule has 1 saturated carbocycles. The van der Waals surface area contributed by atoms with E-state index in [4.69, 9.17) is 9.05 Å². The van der Waals surface area contributed by atoms with Crippen LogP contribution < -0.4 is 5.32 Å². The second kappa shape index (κ2) is 29.1. The maximum Gasteiger partial charge on any atom is 0.472 e. The lowest BCUT2D eigenvalue weighted by molar-refractivity contribution is -0.220. The summed E-state index contributed by atoms with van der Waals surface area (Å²) in [5.74, 6) is -0.606. The van der Waals surface area contributed by atoms with Crippen molar-refractivity contribution in [3.05, 3.63) is 24.3 Å². The van der Waals surface area contributed by atoms with Crippen LogP contribution in [0.15, 0.2) is 24.3 Å². The molecule has 13 nitrogen and oxygen atoms in total. The third-order valence-corrected chi connectivity index (χ3v) is 10.5. The number of phosphoric acid groups is 1. The molecular formula is C38H72NO12P. The van der Waals surface area contributed by atoms with E-state index in [2.05, 4.69) is 31.3 Å². The summed E-state index contributed by atoms with van der Waals surface area (Å²) in [7, 11) is -5.13. The third-order valence-electron chi connectivity index (χ3n) is 9.53. The van der Waals surface area contributed by atoms with Crippen molar-refractivity contribution in [2.75, 3.05) is 6.61 Å². The van der Waals surface area contributed by atoms with Crippen LogP contribution in [-0.2, 0) is 18.4 Å². The van der Waals surface area contributed by atoms with Crippen LogP contribution in [0.4, 0.5) is 0 Å². The fraction of sp³-hybridized carbons (Fsp3) is 0.868. The first-order valence-corrected chi connectivity index (χ1v) is 21.4. The quantitative estimate of drug-likeness (QED) is 0.0262. The van der Waals surface area contributed by atoms with Gasteiger partial charge in [-0.15, -0.1) is 0 Å². The minimum Gasteiger partial charge on any atom is -0.393 e. The molecule has 0 aliphatic heterocycles. The van der Waals surface area contributed by atoms with E-state index in [1.807, 2.05) is 0 Å². The molecular weight excluding hydrogens is 693 g/mol. The first-order valence-electron chi connectivity index (χ1n) is 19.9. The SMILES string of the molecule is CCCCC/C=C\CCCCCC(O)CC(=O)NC(COP(=O)(O)OC1C(O)C(O)C(O)C(O)C1O)C(O)/C=C/CCCCCCCCCCCC. The van der Waals surface area contributed by atoms with E-state index in [0.717, 1.165) is 51.4 Å². The molecule has 1 aliphatic rings. The van der Waals surface area contributed by atoms with Gasteiger partial charge in [-0.1, -0.05) is 122 Å². The Morgan fingerprint density at radius 3 is 1.67 bits per heavy atom. The van der Waals surface area contributed by atoms with E-state index >= 15 is 0 Å². The molecule has 9 N–H and O–H groups in total. The van der Waals surface area contributed by atoms with Crippen LogP contribution in [0.2, 0.25) is 0 Å². The number of unbranched alkanes of at least 4 members (excludes halogenated alkanes) is 16. The van der Waals surface area contributed by atoms with Crippen LogP contribution in [0.5, 0.6) is 0 Å². The van der Waals surface area contributed by atoms with Gasteiger partial charge in [-0.25, -0.2) is 4.57 Å². The average Bonchev–Trinajstić information content (AvgIpc) is 3.11. The minimum absolute atomic E-state index is 0.255. The summed E-state index contributed by atoms with van der Waals surface area (Å²) in [5, 5.41) is 74.0. The third kappa shape index (κ3) is 21.6. The van der Waals surface area contributed by atoms with E-state index in [-0.39, 0.29) is 6.42 Å². The Bertz CT molecular complexity index is 1000. The minimum atomic E-state index is -5.13. The Morgan fingerprint density at radius 2 is 1.12 bits per heavy atom. The molecule has 8 atom stereocenters. The lowest BCUT2D eigenvalue weighted by Gasteiger charge is -2.41. The van der Waals surface area contributed by atoms with Crippen molar-refractivity contribution in [1.29, 1.82) is 0 Å². The molecule has 0 saturated heterocycles. The van der Waals surface area contributed by atoms with Crippen LogP contribution in [0.3, 0.4) is 0 Å². The van der Waals surface area contributed by atoms with Gasteiger partial charge in [0, 0.05) is 0 Å². The number of hydrogen-bond acceptors (Lipinski definition) is 11. The molecule has 8 unspecified atom stereocenters. The van der Waals surface area contributed by atoms with Gasteiger partial charge in [-0.05, 0) is 44.9 Å². The number of phosphoric ester groups is 1. The maximum atomic E-state index is 12.9. The van der Waals surface area contributed by atoms with Crippen molar-refractivity contribution >= 4 is 13.7 Å². The Balaban J connectivity index is 2.68. The van der Waals surface area contributed by atoms with Crippen molar-refractivity contribution in [2.24, 2.45) is 0 Å². The van der Waals surface area contributed by atoms with Gasteiger partial charge in [0.15, 0.2) is 0 Å². The van der Waals surface area contributed by atoms with Crippen molar-refractivity contribution in [3.8, 4) is 0 Å². The summed E-state index contributed by atoms with van der Waals surface area (Å²) in [6.45, 7) is 3.65. The molecule has 0 bridgehead atoms. The zero-order chi connectivity index (χ0) is 38.8. The van der Waals surface area contributed by atoms with Gasteiger partial charge >= 0.3 is 7.82 Å². The Hall–Kier alpha value is -1.22. The summed E-state index contributed by atoms with van der Waals surface area (Å²) in [6, 6.07) is -1.24. The predicted octanol–water partition coefficient (Wildman–Crippen LogP) is 4.86. The molecule has 0 aromatic rings. The van der Waals surface area contributed by atoms with Crippen molar-refractivity contribution < 1.29 is 59.0 Å². The van der Waals surface area contributed by atoms with Crippen LogP contribution >= 0.6 is 7.82 Å². The summed E-state index contributed by atoms with van der Waals surface area (Å²) < 4.78 is 22.7. The second-order valence-electron chi connectivity index (χ2n) is 14.3. The lowest BCUT2D eigenvalue weighted by Crippen LogP contribution is -2.64. The van der Waals surface area contributed by atoms with Gasteiger partial charge in [0.25, 0.3) is 0 Å². The van der Waals surface area contributed by atoms with E-state index in [0.29, 0.717) is 12.8 Å². The highest BCUT2D eigenvalue weighted by atomic mass is 31.2. The number of allylic oxidation sites excluding steroid dienone is 3. The molecule has 0 aromatic carbocycles. The van der Waals surface area contributed by atoms with Gasteiger partial charge in [0.1, 0.15) is 36.6 Å². The van der Waals surface area contributed by atoms with E-state index < -0.39 is 75.2 Å². The van der Waals surface area contributed by atoms with Crippen LogP contribution in [0.1, 0.15) is 149 Å². The van der Waals surface area contributed by atoms with E-state index in [1.54, 1.807) is 6.08 Å². The average molecular weight is 766 g/mol. The lowest BCUT2D eigenvalue weighted by atomic mass is 9.85. The molecule has 1 amide bonds. The van der Waals surface area contributed by atoms with Crippen LogP contribution in [0, 0.1) is 0 Å². The maximum absolute atomic E-state index is 12.9. The van der Waals surface area contributed by atoms with Gasteiger partial charge in [-0.3, -0.25) is 13.8 Å². The largest absolute Gasteiger partial charge is 0.472 e. The van der Waals surface area contributed by atoms with Gasteiger partial charge < -0.3 is 46.0 Å². The fourth-order valence-electron chi connectivity index (χ4n) is 6.17. The molecule has 1 rings (SSSR count). The van der Waals surface area contributed by atoms with Gasteiger partial charge in [0.2, 0.25) is 5.91 Å². The smallest absolute Gasteiger partial charge is 0.393 e. The number of nitrogens with one attached hydrogen (secondary N) is 1. The molecule has 1 aliphatic carbocycles. The number of carbonyl (C=O) groups is 1. The zero-order valence-corrected chi connectivity index (χ0v) is 32.6. The van der Waals surface area contributed by atoms with Gasteiger partial charge in [0.05, 0.1) is 31.3 Å². The number of aliphatic hydroxyl groups is 7. The summed E-state index contributed by atoms with van der Waals surface area (Å²) >= 11 is 0. The molecule has 0 spiro atoms. The molecule has 1 fully saturated rings. The Morgan fingerprint density at radius 1 is 0.673 bits per heavy atom. The number of rotatable bonds is 31. The molecule has 0 heterocycles. The highest BCUT2D eigenvalue weighted by Crippen LogP contribution is 2.47. The van der Waals surface area contributed by atoms with Gasteiger partial charge in [-0.2, -0.15) is 0 Å². The van der Waals surface area contributed by atoms with E-state index in [1.165, 1.54) is 70.3 Å². The van der Waals surface area contributed by atoms with Crippen LogP contribution in [0.25, 0.3) is 0 Å². The Labute approximate surface area is 312 Å². The monoisotopic (exact) mass is 765 g/mol. The Kier molecular flexibility index (Phi) is 27.3. The molecule has 0 radical (unpaired) electrons. The number of hydrogen-bond donors (Lipinski definition) is 9. The fourth-order valence-corrected chi connectivity index (χ4v) is 7.14. The predicted molar refractivity (Wildman–Crippen MR) is 201 cm³/mol. The second-order valence-corrected chi connectivity index (χ2v) is 15.7. The number of aliphatic hydroxyl groups excluding tert-OH is 7. The molecule has 0 aromatic heterocycles. The summed E-state index contributed by atoms with van der Waals surface area (Å²) in [5.41, 5.74) is 0. The number of carbonyl (C=O) groups excluding carboxylic acids is 1. The molecule has 306 valence electrons. The highest BCUT2D eigenvalue weighted by Gasteiger charge is 2.51.